The number of nitrogens with zero attached hydrogens (tertiary/aromatic N) is 6. The van der Waals surface area contributed by atoms with E-state index in [1.807, 2.05) is 9.58 Å². The standard InChI is InChI=1S/C16H28N6O/c1-14-10-19(6-9-22-13-17-12-18-22)11-16(14)21-5-3-4-20(7-8-21)15(2)23/h12-14,16H,3-11H2,1-2H3/t14-,16-/m0/s1. The molecule has 2 saturated heterocycles. The van der Waals surface area contributed by atoms with Crippen LogP contribution in [0.5, 0.6) is 0 Å². The molecule has 7 nitrogen and oxygen atoms in total. The molecular formula is C16H28N6O. The Hall–Kier alpha value is -1.47. The van der Waals surface area contributed by atoms with E-state index in [0.29, 0.717) is 12.0 Å². The molecule has 1 aromatic heterocycles. The lowest BCUT2D eigenvalue weighted by Crippen LogP contribution is -2.43. The quantitative estimate of drug-likeness (QED) is 0.791. The molecule has 2 atom stereocenters. The van der Waals surface area contributed by atoms with Crippen LogP contribution in [-0.4, -0.2) is 87.2 Å². The van der Waals surface area contributed by atoms with Gasteiger partial charge in [0, 0.05) is 58.8 Å². The van der Waals surface area contributed by atoms with E-state index in [1.54, 1.807) is 19.6 Å². The number of aromatic nitrogens is 3. The molecule has 2 aliphatic rings. The Kier molecular flexibility index (Phi) is 5.27. The van der Waals surface area contributed by atoms with Crippen LogP contribution in [0.2, 0.25) is 0 Å². The zero-order valence-electron chi connectivity index (χ0n) is 14.3. The van der Waals surface area contributed by atoms with Gasteiger partial charge in [-0.2, -0.15) is 5.10 Å². The highest BCUT2D eigenvalue weighted by Gasteiger charge is 2.34. The Bertz CT molecular complexity index is 505. The molecule has 0 bridgehead atoms. The van der Waals surface area contributed by atoms with Crippen LogP contribution in [0.4, 0.5) is 0 Å². The van der Waals surface area contributed by atoms with Gasteiger partial charge in [-0.15, -0.1) is 0 Å². The zero-order chi connectivity index (χ0) is 16.2. The molecule has 2 aliphatic heterocycles. The molecule has 0 saturated carbocycles. The van der Waals surface area contributed by atoms with E-state index in [-0.39, 0.29) is 5.91 Å². The molecule has 23 heavy (non-hydrogen) atoms. The van der Waals surface area contributed by atoms with Crippen molar-refractivity contribution < 1.29 is 4.79 Å². The zero-order valence-corrected chi connectivity index (χ0v) is 14.3. The first-order chi connectivity index (χ1) is 11.1. The van der Waals surface area contributed by atoms with Gasteiger partial charge in [-0.3, -0.25) is 19.3 Å². The van der Waals surface area contributed by atoms with E-state index in [1.165, 1.54) is 0 Å². The van der Waals surface area contributed by atoms with Crippen LogP contribution < -0.4 is 0 Å². The minimum Gasteiger partial charge on any atom is -0.342 e. The predicted octanol–water partition coefficient (Wildman–Crippen LogP) is 0.153. The number of carbonyl (C=O) groups excluding carboxylic acids is 1. The van der Waals surface area contributed by atoms with Crippen LogP contribution in [0.3, 0.4) is 0 Å². The lowest BCUT2D eigenvalue weighted by Gasteiger charge is -2.30. The first kappa shape index (κ1) is 16.4. The second-order valence-corrected chi connectivity index (χ2v) is 6.86. The van der Waals surface area contributed by atoms with Crippen LogP contribution in [0, 0.1) is 5.92 Å². The monoisotopic (exact) mass is 320 g/mol. The van der Waals surface area contributed by atoms with Crippen LogP contribution in [0.15, 0.2) is 12.7 Å². The number of hydrogen-bond acceptors (Lipinski definition) is 5. The number of likely N-dealkylation sites (tertiary alicyclic amines) is 1. The van der Waals surface area contributed by atoms with Crippen molar-refractivity contribution in [2.24, 2.45) is 5.92 Å². The molecular weight excluding hydrogens is 292 g/mol. The highest BCUT2D eigenvalue weighted by molar-refractivity contribution is 5.73. The summed E-state index contributed by atoms with van der Waals surface area (Å²) in [6.07, 6.45) is 4.46. The van der Waals surface area contributed by atoms with Crippen molar-refractivity contribution in [3.63, 3.8) is 0 Å². The fourth-order valence-corrected chi connectivity index (χ4v) is 3.88. The van der Waals surface area contributed by atoms with E-state index in [9.17, 15) is 4.79 Å². The Morgan fingerprint density at radius 3 is 2.78 bits per heavy atom. The van der Waals surface area contributed by atoms with E-state index in [4.69, 9.17) is 0 Å². The predicted molar refractivity (Wildman–Crippen MR) is 87.9 cm³/mol. The summed E-state index contributed by atoms with van der Waals surface area (Å²) in [4.78, 5) is 22.7. The summed E-state index contributed by atoms with van der Waals surface area (Å²) < 4.78 is 1.90. The summed E-state index contributed by atoms with van der Waals surface area (Å²) in [5.74, 6) is 0.885. The number of carbonyl (C=O) groups is 1. The summed E-state index contributed by atoms with van der Waals surface area (Å²) in [6.45, 7) is 12.1. The summed E-state index contributed by atoms with van der Waals surface area (Å²) in [7, 11) is 0. The van der Waals surface area contributed by atoms with E-state index >= 15 is 0 Å². The molecule has 0 radical (unpaired) electrons. The number of hydrogen-bond donors (Lipinski definition) is 0. The fraction of sp³-hybridized carbons (Fsp3) is 0.812. The molecule has 1 amide bonds. The highest BCUT2D eigenvalue weighted by atomic mass is 16.2. The van der Waals surface area contributed by atoms with Gasteiger partial charge < -0.3 is 4.90 Å². The summed E-state index contributed by atoms with van der Waals surface area (Å²) in [5.41, 5.74) is 0. The maximum atomic E-state index is 11.6. The van der Waals surface area contributed by atoms with Gasteiger partial charge in [0.05, 0.1) is 6.54 Å². The fourth-order valence-electron chi connectivity index (χ4n) is 3.88. The topological polar surface area (TPSA) is 57.5 Å². The smallest absolute Gasteiger partial charge is 0.219 e. The van der Waals surface area contributed by atoms with Crippen molar-refractivity contribution in [1.82, 2.24) is 29.5 Å². The van der Waals surface area contributed by atoms with Gasteiger partial charge in [-0.25, -0.2) is 4.98 Å². The third-order valence-electron chi connectivity index (χ3n) is 5.21. The summed E-state index contributed by atoms with van der Waals surface area (Å²) in [5, 5.41) is 4.17. The lowest BCUT2D eigenvalue weighted by atomic mass is 10.0. The van der Waals surface area contributed by atoms with E-state index in [2.05, 4.69) is 26.8 Å². The average Bonchev–Trinajstić information content (AvgIpc) is 3.09. The van der Waals surface area contributed by atoms with Crippen molar-refractivity contribution in [2.75, 3.05) is 45.8 Å². The van der Waals surface area contributed by atoms with Crippen molar-refractivity contribution in [3.8, 4) is 0 Å². The molecule has 3 rings (SSSR count). The van der Waals surface area contributed by atoms with Gasteiger partial charge in [0.25, 0.3) is 0 Å². The Morgan fingerprint density at radius 2 is 2.04 bits per heavy atom. The largest absolute Gasteiger partial charge is 0.342 e. The average molecular weight is 320 g/mol. The summed E-state index contributed by atoms with van der Waals surface area (Å²) >= 11 is 0. The molecule has 1 aromatic rings. The molecule has 2 fully saturated rings. The molecule has 0 spiro atoms. The number of amides is 1. The molecule has 0 aromatic carbocycles. The minimum atomic E-state index is 0.209. The van der Waals surface area contributed by atoms with E-state index in [0.717, 1.165) is 58.8 Å². The molecule has 7 heteroatoms. The second kappa shape index (κ2) is 7.40. The summed E-state index contributed by atoms with van der Waals surface area (Å²) in [6, 6.07) is 0.609. The molecule has 0 N–H and O–H groups in total. The minimum absolute atomic E-state index is 0.209. The first-order valence-electron chi connectivity index (χ1n) is 8.68. The lowest BCUT2D eigenvalue weighted by molar-refractivity contribution is -0.128. The van der Waals surface area contributed by atoms with Crippen molar-refractivity contribution in [1.29, 1.82) is 0 Å². The van der Waals surface area contributed by atoms with Gasteiger partial charge >= 0.3 is 0 Å². The second-order valence-electron chi connectivity index (χ2n) is 6.86. The maximum Gasteiger partial charge on any atom is 0.219 e. The van der Waals surface area contributed by atoms with Gasteiger partial charge in [0.15, 0.2) is 0 Å². The third kappa shape index (κ3) is 4.09. The van der Waals surface area contributed by atoms with Crippen LogP contribution >= 0.6 is 0 Å². The van der Waals surface area contributed by atoms with Crippen LogP contribution in [-0.2, 0) is 11.3 Å². The van der Waals surface area contributed by atoms with E-state index < -0.39 is 0 Å². The van der Waals surface area contributed by atoms with Crippen molar-refractivity contribution in [3.05, 3.63) is 12.7 Å². The Balaban J connectivity index is 1.51. The molecule has 3 heterocycles. The maximum absolute atomic E-state index is 11.6. The van der Waals surface area contributed by atoms with Gasteiger partial charge in [0.1, 0.15) is 12.7 Å². The van der Waals surface area contributed by atoms with Gasteiger partial charge in [-0.1, -0.05) is 6.92 Å². The first-order valence-corrected chi connectivity index (χ1v) is 8.68. The Morgan fingerprint density at radius 1 is 1.17 bits per heavy atom. The van der Waals surface area contributed by atoms with Crippen LogP contribution in [0.25, 0.3) is 0 Å². The van der Waals surface area contributed by atoms with Crippen molar-refractivity contribution >= 4 is 5.91 Å². The van der Waals surface area contributed by atoms with Crippen molar-refractivity contribution in [2.45, 2.75) is 32.9 Å². The molecule has 128 valence electrons. The van der Waals surface area contributed by atoms with Gasteiger partial charge in [-0.05, 0) is 12.3 Å². The SMILES string of the molecule is CC(=O)N1CCCN([C@H]2CN(CCn3cncn3)C[C@@H]2C)CC1. The third-order valence-corrected chi connectivity index (χ3v) is 5.21. The molecule has 0 aliphatic carbocycles. The normalized spacial score (nSPS) is 27.3. The Labute approximate surface area is 138 Å². The van der Waals surface area contributed by atoms with Crippen LogP contribution in [0.1, 0.15) is 20.3 Å². The molecule has 0 unspecified atom stereocenters. The highest BCUT2D eigenvalue weighted by Crippen LogP contribution is 2.23. The van der Waals surface area contributed by atoms with Gasteiger partial charge in [0.2, 0.25) is 5.91 Å². The number of rotatable bonds is 4.